The minimum Gasteiger partial charge on any atom is -0.395 e. The molecule has 0 aliphatic heterocycles. The van der Waals surface area contributed by atoms with Crippen molar-refractivity contribution >= 4 is 40.5 Å². The Hall–Kier alpha value is -3.07. The van der Waals surface area contributed by atoms with Crippen LogP contribution in [0.3, 0.4) is 0 Å². The smallest absolute Gasteiger partial charge is 0.329 e. The molecule has 0 aliphatic rings. The molecule has 0 spiro atoms. The van der Waals surface area contributed by atoms with Crippen LogP contribution in [0.4, 0.5) is 5.69 Å². The van der Waals surface area contributed by atoms with E-state index < -0.39 is 21.1 Å². The van der Waals surface area contributed by atoms with Crippen molar-refractivity contribution in [3.05, 3.63) is 135 Å². The monoisotopic (exact) mass is 575 g/mol. The van der Waals surface area contributed by atoms with Gasteiger partial charge in [0, 0.05) is 19.3 Å². The van der Waals surface area contributed by atoms with Crippen LogP contribution in [0.1, 0.15) is 16.7 Å². The lowest BCUT2D eigenvalue weighted by molar-refractivity contribution is 0.280. The van der Waals surface area contributed by atoms with Crippen LogP contribution in [0.5, 0.6) is 0 Å². The molecule has 1 heterocycles. The van der Waals surface area contributed by atoms with Crippen LogP contribution in [-0.2, 0) is 5.54 Å². The number of aliphatic hydroxyl groups excluding tert-OH is 2. The van der Waals surface area contributed by atoms with E-state index in [2.05, 4.69) is 4.98 Å². The van der Waals surface area contributed by atoms with Gasteiger partial charge in [-0.1, -0.05) is 126 Å². The predicted octanol–water partition coefficient (Wildman–Crippen LogP) is 4.15. The molecule has 0 unspecified atom stereocenters. The average Bonchev–Trinajstić information content (AvgIpc) is 2.92. The first-order valence-electron chi connectivity index (χ1n) is 11.8. The fourth-order valence-electron chi connectivity index (χ4n) is 4.48. The van der Waals surface area contributed by atoms with Crippen molar-refractivity contribution in [3.63, 3.8) is 0 Å². The van der Waals surface area contributed by atoms with Gasteiger partial charge in [-0.25, -0.2) is 4.79 Å². The number of nitrogens with zero attached hydrogens (tertiary/aromatic N) is 2. The van der Waals surface area contributed by atoms with Gasteiger partial charge in [-0.05, 0) is 16.7 Å². The number of benzene rings is 3. The van der Waals surface area contributed by atoms with E-state index in [1.54, 1.807) is 4.90 Å². The summed E-state index contributed by atoms with van der Waals surface area (Å²) in [6.07, 6.45) is 1.53. The summed E-state index contributed by atoms with van der Waals surface area (Å²) in [4.78, 5) is 30.4. The molecule has 4 rings (SSSR count). The highest BCUT2D eigenvalue weighted by Gasteiger charge is 2.39. The summed E-state index contributed by atoms with van der Waals surface area (Å²) in [6.45, 7) is -0.146. The van der Waals surface area contributed by atoms with Crippen molar-refractivity contribution in [2.75, 3.05) is 31.2 Å². The van der Waals surface area contributed by atoms with Crippen LogP contribution in [0.25, 0.3) is 0 Å². The number of alkyl halides is 3. The summed E-state index contributed by atoms with van der Waals surface area (Å²) < 4.78 is 0.783. The molecular weight excluding hydrogens is 549 g/mol. The zero-order valence-electron chi connectivity index (χ0n) is 20.4. The SMILES string of the molecule is ClC(Cl)Cl.O=c1[nH]c(=O)n(C(c2ccccc2)(c2ccccc2)c2ccccc2)cc1N(CCO)CCO. The van der Waals surface area contributed by atoms with Crippen LogP contribution < -0.4 is 16.1 Å². The summed E-state index contributed by atoms with van der Waals surface area (Å²) >= 11 is 14.4. The van der Waals surface area contributed by atoms with Crippen LogP contribution >= 0.6 is 34.8 Å². The number of aromatic amines is 1. The fourth-order valence-corrected chi connectivity index (χ4v) is 4.48. The third kappa shape index (κ3) is 6.67. The van der Waals surface area contributed by atoms with Crippen molar-refractivity contribution in [3.8, 4) is 0 Å². The normalized spacial score (nSPS) is 11.1. The number of anilines is 1. The lowest BCUT2D eigenvalue weighted by atomic mass is 9.76. The average molecular weight is 577 g/mol. The Balaban J connectivity index is 0.000000934. The third-order valence-corrected chi connectivity index (χ3v) is 5.94. The molecule has 0 amide bonds. The van der Waals surface area contributed by atoms with Crippen LogP contribution in [-0.4, -0.2) is 50.4 Å². The van der Waals surface area contributed by atoms with E-state index in [9.17, 15) is 19.8 Å². The lowest BCUT2D eigenvalue weighted by Gasteiger charge is -2.38. The molecule has 0 aliphatic carbocycles. The van der Waals surface area contributed by atoms with Gasteiger partial charge in [-0.3, -0.25) is 14.3 Å². The van der Waals surface area contributed by atoms with E-state index in [-0.39, 0.29) is 32.0 Å². The van der Waals surface area contributed by atoms with E-state index in [0.29, 0.717) is 0 Å². The quantitative estimate of drug-likeness (QED) is 0.205. The van der Waals surface area contributed by atoms with Crippen molar-refractivity contribution in [2.24, 2.45) is 0 Å². The summed E-state index contributed by atoms with van der Waals surface area (Å²) in [5.41, 5.74) is 0.457. The molecule has 38 heavy (non-hydrogen) atoms. The van der Waals surface area contributed by atoms with Gasteiger partial charge in [-0.15, -0.1) is 0 Å². The number of H-pyrrole nitrogens is 1. The topological polar surface area (TPSA) is 98.6 Å². The van der Waals surface area contributed by atoms with Gasteiger partial charge in [-0.2, -0.15) is 0 Å². The number of hydrogen-bond donors (Lipinski definition) is 3. The molecule has 3 N–H and O–H groups in total. The minimum atomic E-state index is -1.09. The van der Waals surface area contributed by atoms with Gasteiger partial charge in [0.2, 0.25) is 0 Å². The Morgan fingerprint density at radius 2 is 1.11 bits per heavy atom. The second kappa shape index (κ2) is 14.2. The first-order valence-corrected chi connectivity index (χ1v) is 13.1. The highest BCUT2D eigenvalue weighted by atomic mass is 35.6. The number of aliphatic hydroxyl groups is 2. The molecule has 0 saturated carbocycles. The second-order valence-electron chi connectivity index (χ2n) is 8.13. The van der Waals surface area contributed by atoms with E-state index in [1.807, 2.05) is 91.0 Å². The molecule has 0 radical (unpaired) electrons. The molecule has 0 fully saturated rings. The molecule has 10 heteroatoms. The minimum absolute atomic E-state index is 0.136. The largest absolute Gasteiger partial charge is 0.395 e. The summed E-state index contributed by atoms with van der Waals surface area (Å²) in [5, 5.41) is 19.1. The second-order valence-corrected chi connectivity index (χ2v) is 10.1. The van der Waals surface area contributed by atoms with E-state index >= 15 is 0 Å². The molecule has 1 aromatic heterocycles. The Kier molecular flexibility index (Phi) is 11.0. The summed E-state index contributed by atoms with van der Waals surface area (Å²) in [6, 6.07) is 29.0. The highest BCUT2D eigenvalue weighted by molar-refractivity contribution is 6.63. The molecular formula is C28H28Cl3N3O4. The summed E-state index contributed by atoms with van der Waals surface area (Å²) in [7, 11) is 0. The molecule has 0 atom stereocenters. The zero-order chi connectivity index (χ0) is 27.5. The maximum atomic E-state index is 13.5. The van der Waals surface area contributed by atoms with Crippen molar-refractivity contribution < 1.29 is 10.2 Å². The summed E-state index contributed by atoms with van der Waals surface area (Å²) in [5.74, 6) is 0. The van der Waals surface area contributed by atoms with Gasteiger partial charge in [0.15, 0.2) is 4.30 Å². The highest BCUT2D eigenvalue weighted by Crippen LogP contribution is 2.40. The fraction of sp³-hybridized carbons (Fsp3) is 0.214. The number of halogens is 3. The maximum Gasteiger partial charge on any atom is 0.329 e. The molecule has 3 aromatic carbocycles. The number of rotatable bonds is 9. The zero-order valence-corrected chi connectivity index (χ0v) is 22.7. The first-order chi connectivity index (χ1) is 18.4. The molecule has 7 nitrogen and oxygen atoms in total. The number of hydrogen-bond acceptors (Lipinski definition) is 5. The Bertz CT molecular complexity index is 1280. The number of aromatic nitrogens is 2. The van der Waals surface area contributed by atoms with Gasteiger partial charge < -0.3 is 15.1 Å². The van der Waals surface area contributed by atoms with Gasteiger partial charge in [0.25, 0.3) is 5.56 Å². The van der Waals surface area contributed by atoms with Crippen molar-refractivity contribution in [1.82, 2.24) is 9.55 Å². The predicted molar refractivity (Wildman–Crippen MR) is 154 cm³/mol. The molecule has 0 bridgehead atoms. The molecule has 200 valence electrons. The molecule has 4 aromatic rings. The Morgan fingerprint density at radius 1 is 0.737 bits per heavy atom. The lowest BCUT2D eigenvalue weighted by Crippen LogP contribution is -2.48. The standard InChI is InChI=1S/C27H27N3O4.CHCl3/c31-18-16-29(17-19-32)24-20-30(26(34)28-25(24)33)27(21-10-4-1-5-11-21,22-12-6-2-7-13-22)23-14-8-3-9-15-23;2-1(3)4/h1-15,20,31-32H,16-19H2,(H,28,33,34);1H. The van der Waals surface area contributed by atoms with Crippen LogP contribution in [0.15, 0.2) is 107 Å². The van der Waals surface area contributed by atoms with E-state index in [1.165, 1.54) is 10.8 Å². The number of nitrogens with one attached hydrogen (secondary N) is 1. The first kappa shape index (κ1) is 29.5. The van der Waals surface area contributed by atoms with Gasteiger partial charge in [0.05, 0.1) is 13.2 Å². The van der Waals surface area contributed by atoms with Crippen molar-refractivity contribution in [1.29, 1.82) is 0 Å². The van der Waals surface area contributed by atoms with Crippen molar-refractivity contribution in [2.45, 2.75) is 9.83 Å². The molecule has 0 saturated heterocycles. The van der Waals surface area contributed by atoms with Gasteiger partial charge in [0.1, 0.15) is 11.2 Å². The Labute approximate surface area is 235 Å². The van der Waals surface area contributed by atoms with Gasteiger partial charge >= 0.3 is 5.69 Å². The van der Waals surface area contributed by atoms with E-state index in [0.717, 1.165) is 16.7 Å². The van der Waals surface area contributed by atoms with E-state index in [4.69, 9.17) is 34.8 Å². The third-order valence-electron chi connectivity index (χ3n) is 5.94. The maximum absolute atomic E-state index is 13.5. The van der Waals surface area contributed by atoms with Crippen LogP contribution in [0.2, 0.25) is 0 Å². The Morgan fingerprint density at radius 3 is 1.45 bits per heavy atom. The van der Waals surface area contributed by atoms with Crippen LogP contribution in [0, 0.1) is 0 Å².